The molecule has 0 saturated heterocycles. The molecule has 0 unspecified atom stereocenters. The number of sulfonamides is 1. The van der Waals surface area contributed by atoms with Gasteiger partial charge in [0.05, 0.1) is 6.20 Å². The number of carboxylic acid groups (broad SMARTS) is 1. The van der Waals surface area contributed by atoms with Crippen LogP contribution in [0.15, 0.2) is 29.6 Å². The molecule has 2 aromatic heterocycles. The maximum Gasteiger partial charge on any atom is 0.352 e. The summed E-state index contributed by atoms with van der Waals surface area (Å²) in [6.45, 7) is 0.214. The third kappa shape index (κ3) is 3.50. The van der Waals surface area contributed by atoms with E-state index >= 15 is 0 Å². The van der Waals surface area contributed by atoms with Crippen molar-refractivity contribution in [2.75, 3.05) is 6.54 Å². The van der Waals surface area contributed by atoms with Crippen LogP contribution in [0.4, 0.5) is 0 Å². The average molecular weight is 312 g/mol. The predicted octanol–water partition coefficient (Wildman–Crippen LogP) is -0.0222. The second-order valence-electron chi connectivity index (χ2n) is 4.65. The van der Waals surface area contributed by atoms with E-state index in [4.69, 9.17) is 5.11 Å². The normalized spacial score (nSPS) is 11.7. The van der Waals surface area contributed by atoms with Crippen molar-refractivity contribution in [2.45, 2.75) is 11.3 Å². The standard InChI is InChI=1S/C12H16N4O4S/c1-15-8-10(5-11(15)12(17)18)21(19,20)14-4-3-9-6-13-16(2)7-9/h5-8,14H,3-4H2,1-2H3,(H,17,18). The van der Waals surface area contributed by atoms with E-state index in [2.05, 4.69) is 9.82 Å². The zero-order chi connectivity index (χ0) is 15.6. The van der Waals surface area contributed by atoms with E-state index in [1.807, 2.05) is 0 Å². The minimum atomic E-state index is -3.72. The molecule has 0 fully saturated rings. The molecule has 2 rings (SSSR count). The minimum Gasteiger partial charge on any atom is -0.477 e. The van der Waals surface area contributed by atoms with Gasteiger partial charge in [-0.3, -0.25) is 4.68 Å². The molecule has 114 valence electrons. The quantitative estimate of drug-likeness (QED) is 0.779. The Hall–Kier alpha value is -2.13. The van der Waals surface area contributed by atoms with Crippen molar-refractivity contribution in [3.8, 4) is 0 Å². The number of nitrogens with one attached hydrogen (secondary N) is 1. The van der Waals surface area contributed by atoms with Gasteiger partial charge in [0.2, 0.25) is 10.0 Å². The van der Waals surface area contributed by atoms with Gasteiger partial charge >= 0.3 is 5.97 Å². The summed E-state index contributed by atoms with van der Waals surface area (Å²) in [6, 6.07) is 1.13. The summed E-state index contributed by atoms with van der Waals surface area (Å²) in [4.78, 5) is 10.9. The summed E-state index contributed by atoms with van der Waals surface area (Å²) in [5, 5.41) is 12.9. The number of rotatable bonds is 6. The summed E-state index contributed by atoms with van der Waals surface area (Å²) < 4.78 is 29.5. The van der Waals surface area contributed by atoms with Gasteiger partial charge in [-0.15, -0.1) is 0 Å². The highest BCUT2D eigenvalue weighted by Gasteiger charge is 2.19. The molecule has 21 heavy (non-hydrogen) atoms. The Morgan fingerprint density at radius 3 is 2.62 bits per heavy atom. The molecule has 0 radical (unpaired) electrons. The number of carbonyl (C=O) groups is 1. The van der Waals surface area contributed by atoms with E-state index in [1.54, 1.807) is 24.1 Å². The van der Waals surface area contributed by atoms with Gasteiger partial charge in [0.25, 0.3) is 0 Å². The molecular formula is C12H16N4O4S. The number of carboxylic acids is 1. The first kappa shape index (κ1) is 15.3. The van der Waals surface area contributed by atoms with Crippen LogP contribution >= 0.6 is 0 Å². The number of nitrogens with zero attached hydrogens (tertiary/aromatic N) is 3. The fraction of sp³-hybridized carbons (Fsp3) is 0.333. The van der Waals surface area contributed by atoms with E-state index in [1.165, 1.54) is 17.8 Å². The molecule has 8 nitrogen and oxygen atoms in total. The van der Waals surface area contributed by atoms with Crippen molar-refractivity contribution >= 4 is 16.0 Å². The minimum absolute atomic E-state index is 0.0615. The molecule has 0 spiro atoms. The second-order valence-corrected chi connectivity index (χ2v) is 6.41. The molecule has 0 aromatic carbocycles. The number of hydrogen-bond donors (Lipinski definition) is 2. The van der Waals surface area contributed by atoms with Gasteiger partial charge in [0.1, 0.15) is 10.6 Å². The first-order valence-corrected chi connectivity index (χ1v) is 7.65. The van der Waals surface area contributed by atoms with Crippen LogP contribution < -0.4 is 4.72 Å². The Morgan fingerprint density at radius 2 is 2.10 bits per heavy atom. The van der Waals surface area contributed by atoms with E-state index < -0.39 is 16.0 Å². The van der Waals surface area contributed by atoms with Crippen molar-refractivity contribution < 1.29 is 18.3 Å². The highest BCUT2D eigenvalue weighted by Crippen LogP contribution is 2.13. The number of hydrogen-bond acceptors (Lipinski definition) is 4. The Balaban J connectivity index is 2.04. The molecule has 0 amide bonds. The maximum absolute atomic E-state index is 12.1. The molecule has 2 N–H and O–H groups in total. The second kappa shape index (κ2) is 5.70. The van der Waals surface area contributed by atoms with Gasteiger partial charge in [-0.05, 0) is 18.1 Å². The maximum atomic E-state index is 12.1. The van der Waals surface area contributed by atoms with Crippen molar-refractivity contribution in [1.29, 1.82) is 0 Å². The van der Waals surface area contributed by atoms with Crippen LogP contribution in [0.1, 0.15) is 16.1 Å². The lowest BCUT2D eigenvalue weighted by Gasteiger charge is -2.03. The lowest BCUT2D eigenvalue weighted by molar-refractivity contribution is 0.0686. The molecule has 0 aliphatic rings. The van der Waals surface area contributed by atoms with Crippen LogP contribution in [0, 0.1) is 0 Å². The topological polar surface area (TPSA) is 106 Å². The van der Waals surface area contributed by atoms with Crippen LogP contribution in [0.3, 0.4) is 0 Å². The molecular weight excluding hydrogens is 296 g/mol. The smallest absolute Gasteiger partial charge is 0.352 e. The third-order valence-electron chi connectivity index (χ3n) is 2.97. The van der Waals surface area contributed by atoms with E-state index in [0.29, 0.717) is 6.42 Å². The molecule has 0 saturated carbocycles. The van der Waals surface area contributed by atoms with Crippen molar-refractivity contribution in [2.24, 2.45) is 14.1 Å². The zero-order valence-electron chi connectivity index (χ0n) is 11.6. The van der Waals surface area contributed by atoms with E-state index in [-0.39, 0.29) is 17.1 Å². The highest BCUT2D eigenvalue weighted by molar-refractivity contribution is 7.89. The number of aromatic carboxylic acids is 1. The van der Waals surface area contributed by atoms with Gasteiger partial charge < -0.3 is 9.67 Å². The van der Waals surface area contributed by atoms with Crippen LogP contribution in [0.2, 0.25) is 0 Å². The zero-order valence-corrected chi connectivity index (χ0v) is 12.5. The summed E-state index contributed by atoms with van der Waals surface area (Å²) in [5.41, 5.74) is 0.835. The Kier molecular flexibility index (Phi) is 4.14. The van der Waals surface area contributed by atoms with Gasteiger partial charge in [-0.1, -0.05) is 0 Å². The van der Waals surface area contributed by atoms with Crippen LogP contribution in [0.25, 0.3) is 0 Å². The third-order valence-corrected chi connectivity index (χ3v) is 4.40. The SMILES string of the molecule is Cn1cc(CCNS(=O)(=O)c2cc(C(=O)O)n(C)c2)cn1. The summed E-state index contributed by atoms with van der Waals surface area (Å²) >= 11 is 0. The molecule has 0 atom stereocenters. The van der Waals surface area contributed by atoms with Crippen LogP contribution in [0.5, 0.6) is 0 Å². The Labute approximate surface area is 122 Å². The van der Waals surface area contributed by atoms with Gasteiger partial charge in [-0.25, -0.2) is 17.9 Å². The summed E-state index contributed by atoms with van der Waals surface area (Å²) in [7, 11) is -0.453. The van der Waals surface area contributed by atoms with E-state index in [9.17, 15) is 13.2 Å². The molecule has 2 heterocycles. The number of aromatic nitrogens is 3. The van der Waals surface area contributed by atoms with Crippen molar-refractivity contribution in [3.05, 3.63) is 35.9 Å². The lowest BCUT2D eigenvalue weighted by atomic mass is 10.3. The Bertz CT molecular complexity index is 760. The molecule has 0 aliphatic carbocycles. The van der Waals surface area contributed by atoms with E-state index in [0.717, 1.165) is 11.6 Å². The van der Waals surface area contributed by atoms with Crippen LogP contribution in [-0.2, 0) is 30.5 Å². The fourth-order valence-electron chi connectivity index (χ4n) is 1.91. The monoisotopic (exact) mass is 312 g/mol. The molecule has 2 aromatic rings. The Morgan fingerprint density at radius 1 is 1.38 bits per heavy atom. The first-order valence-electron chi connectivity index (χ1n) is 6.16. The predicted molar refractivity (Wildman–Crippen MR) is 74.5 cm³/mol. The fourth-order valence-corrected chi connectivity index (χ4v) is 3.01. The largest absolute Gasteiger partial charge is 0.477 e. The molecule has 9 heteroatoms. The van der Waals surface area contributed by atoms with Gasteiger partial charge in [0, 0.05) is 33.0 Å². The number of aryl methyl sites for hydroxylation is 2. The van der Waals surface area contributed by atoms with Crippen LogP contribution in [-0.4, -0.2) is 40.4 Å². The van der Waals surface area contributed by atoms with Gasteiger partial charge in [0.15, 0.2) is 0 Å². The van der Waals surface area contributed by atoms with Crippen molar-refractivity contribution in [3.63, 3.8) is 0 Å². The summed E-state index contributed by atoms with van der Waals surface area (Å²) in [5.74, 6) is -1.17. The molecule has 0 aliphatic heterocycles. The summed E-state index contributed by atoms with van der Waals surface area (Å²) in [6.07, 6.45) is 5.25. The highest BCUT2D eigenvalue weighted by atomic mass is 32.2. The lowest BCUT2D eigenvalue weighted by Crippen LogP contribution is -2.25. The average Bonchev–Trinajstić information content (AvgIpc) is 2.96. The van der Waals surface area contributed by atoms with Crippen molar-refractivity contribution in [1.82, 2.24) is 19.1 Å². The molecule has 0 bridgehead atoms. The van der Waals surface area contributed by atoms with Gasteiger partial charge in [-0.2, -0.15) is 5.10 Å². The first-order chi connectivity index (χ1) is 9.79.